The van der Waals surface area contributed by atoms with Crippen LogP contribution in [-0.4, -0.2) is 23.8 Å². The minimum atomic E-state index is -0.962. The van der Waals surface area contributed by atoms with E-state index in [1.807, 2.05) is 0 Å². The summed E-state index contributed by atoms with van der Waals surface area (Å²) in [7, 11) is 0. The van der Waals surface area contributed by atoms with Crippen molar-refractivity contribution in [3.63, 3.8) is 0 Å². The number of amides is 1. The van der Waals surface area contributed by atoms with E-state index in [-0.39, 0.29) is 6.04 Å². The fraction of sp³-hybridized carbons (Fsp3) is 0.900. The quantitative estimate of drug-likeness (QED) is 0.644. The van der Waals surface area contributed by atoms with Gasteiger partial charge in [0.25, 0.3) is 0 Å². The van der Waals surface area contributed by atoms with E-state index in [9.17, 15) is 4.79 Å². The van der Waals surface area contributed by atoms with Crippen LogP contribution < -0.4 is 11.1 Å². The van der Waals surface area contributed by atoms with Crippen LogP contribution in [0, 0.1) is 5.92 Å². The number of nitrogens with two attached hydrogens (primary N) is 1. The second kappa shape index (κ2) is 5.86. The van der Waals surface area contributed by atoms with Crippen molar-refractivity contribution in [3.05, 3.63) is 0 Å². The molecule has 4 nitrogen and oxygen atoms in total. The number of rotatable bonds is 4. The topological polar surface area (TPSA) is 75.3 Å². The first-order chi connectivity index (χ1) is 6.72. The Hall–Kier alpha value is -0.770. The van der Waals surface area contributed by atoms with Gasteiger partial charge in [-0.05, 0) is 12.3 Å². The molecule has 0 bridgehead atoms. The van der Waals surface area contributed by atoms with E-state index in [4.69, 9.17) is 10.8 Å². The summed E-state index contributed by atoms with van der Waals surface area (Å²) < 4.78 is 0. The average Bonchev–Trinajstić information content (AvgIpc) is 2.17. The smallest absolute Gasteiger partial charge is 0.404 e. The maximum absolute atomic E-state index is 10.4. The van der Waals surface area contributed by atoms with Gasteiger partial charge in [-0.3, -0.25) is 0 Å². The van der Waals surface area contributed by atoms with Gasteiger partial charge in [-0.25, -0.2) is 4.79 Å². The lowest BCUT2D eigenvalue weighted by Crippen LogP contribution is -2.40. The Morgan fingerprint density at radius 1 is 1.43 bits per heavy atom. The first kappa shape index (κ1) is 11.3. The van der Waals surface area contributed by atoms with Crippen molar-refractivity contribution in [1.82, 2.24) is 5.32 Å². The molecule has 1 fully saturated rings. The van der Waals surface area contributed by atoms with Crippen molar-refractivity contribution in [1.29, 1.82) is 0 Å². The van der Waals surface area contributed by atoms with Crippen molar-refractivity contribution < 1.29 is 9.90 Å². The van der Waals surface area contributed by atoms with E-state index >= 15 is 0 Å². The zero-order chi connectivity index (χ0) is 10.4. The molecule has 82 valence electrons. The fourth-order valence-electron chi connectivity index (χ4n) is 2.21. The summed E-state index contributed by atoms with van der Waals surface area (Å²) in [6, 6.07) is -0.0596. The van der Waals surface area contributed by atoms with Gasteiger partial charge in [-0.15, -0.1) is 0 Å². The Balaban J connectivity index is 2.27. The van der Waals surface area contributed by atoms with E-state index in [2.05, 4.69) is 5.32 Å². The molecule has 1 atom stereocenters. The molecular formula is C10H20N2O2. The van der Waals surface area contributed by atoms with Crippen LogP contribution in [0.4, 0.5) is 4.79 Å². The van der Waals surface area contributed by atoms with E-state index in [1.165, 1.54) is 32.1 Å². The highest BCUT2D eigenvalue weighted by Gasteiger charge is 2.18. The number of hydrogen-bond donors (Lipinski definition) is 3. The Morgan fingerprint density at radius 3 is 2.57 bits per heavy atom. The molecule has 1 aliphatic carbocycles. The predicted molar refractivity (Wildman–Crippen MR) is 55.2 cm³/mol. The fourth-order valence-corrected chi connectivity index (χ4v) is 2.21. The van der Waals surface area contributed by atoms with E-state index in [0.717, 1.165) is 6.42 Å². The van der Waals surface area contributed by atoms with E-state index < -0.39 is 6.09 Å². The average molecular weight is 200 g/mol. The van der Waals surface area contributed by atoms with Gasteiger partial charge in [0, 0.05) is 12.6 Å². The Bertz CT molecular complexity index is 179. The highest BCUT2D eigenvalue weighted by atomic mass is 16.4. The van der Waals surface area contributed by atoms with Crippen LogP contribution in [0.2, 0.25) is 0 Å². The first-order valence-electron chi connectivity index (χ1n) is 5.42. The molecule has 0 aromatic carbocycles. The molecule has 0 aliphatic heterocycles. The van der Waals surface area contributed by atoms with Crippen molar-refractivity contribution in [2.75, 3.05) is 6.54 Å². The lowest BCUT2D eigenvalue weighted by Gasteiger charge is -2.25. The summed E-state index contributed by atoms with van der Waals surface area (Å²) in [6.07, 6.45) is 6.31. The van der Waals surface area contributed by atoms with Gasteiger partial charge < -0.3 is 16.2 Å². The van der Waals surface area contributed by atoms with Gasteiger partial charge in [-0.2, -0.15) is 0 Å². The van der Waals surface area contributed by atoms with E-state index in [0.29, 0.717) is 12.5 Å². The molecule has 1 rings (SSSR count). The molecule has 0 aromatic heterocycles. The van der Waals surface area contributed by atoms with Gasteiger partial charge in [0.05, 0.1) is 0 Å². The Morgan fingerprint density at radius 2 is 2.07 bits per heavy atom. The maximum Gasteiger partial charge on any atom is 0.404 e. The third-order valence-corrected chi connectivity index (χ3v) is 2.95. The van der Waals surface area contributed by atoms with Crippen molar-refractivity contribution in [2.24, 2.45) is 11.7 Å². The van der Waals surface area contributed by atoms with Crippen molar-refractivity contribution in [3.8, 4) is 0 Å². The molecule has 0 saturated heterocycles. The van der Waals surface area contributed by atoms with Crippen LogP contribution in [0.15, 0.2) is 0 Å². The summed E-state index contributed by atoms with van der Waals surface area (Å²) in [4.78, 5) is 10.4. The summed E-state index contributed by atoms with van der Waals surface area (Å²) in [6.45, 7) is 0.406. The van der Waals surface area contributed by atoms with Gasteiger partial charge in [0.2, 0.25) is 0 Å². The minimum absolute atomic E-state index is 0.0596. The zero-order valence-electron chi connectivity index (χ0n) is 8.54. The van der Waals surface area contributed by atoms with Crippen molar-refractivity contribution >= 4 is 6.09 Å². The molecule has 1 aliphatic rings. The highest BCUT2D eigenvalue weighted by Crippen LogP contribution is 2.27. The molecular weight excluding hydrogens is 180 g/mol. The van der Waals surface area contributed by atoms with Crippen LogP contribution in [0.1, 0.15) is 38.5 Å². The highest BCUT2D eigenvalue weighted by molar-refractivity contribution is 5.64. The molecule has 1 unspecified atom stereocenters. The Kier molecular flexibility index (Phi) is 4.73. The largest absolute Gasteiger partial charge is 0.465 e. The molecule has 1 amide bonds. The van der Waals surface area contributed by atoms with Gasteiger partial charge in [-0.1, -0.05) is 32.1 Å². The molecule has 0 heterocycles. The molecule has 4 heteroatoms. The standard InChI is InChI=1S/C10H20N2O2/c11-7-9(12-10(13)14)6-8-4-2-1-3-5-8/h8-9,12H,1-7,11H2,(H,13,14). The summed E-state index contributed by atoms with van der Waals surface area (Å²) in [5.41, 5.74) is 5.51. The lowest BCUT2D eigenvalue weighted by molar-refractivity contribution is 0.186. The lowest BCUT2D eigenvalue weighted by atomic mass is 9.85. The molecule has 0 aromatic rings. The van der Waals surface area contributed by atoms with Crippen LogP contribution in [0.5, 0.6) is 0 Å². The molecule has 0 radical (unpaired) electrons. The van der Waals surface area contributed by atoms with Crippen LogP contribution in [-0.2, 0) is 0 Å². The third kappa shape index (κ3) is 3.96. The first-order valence-corrected chi connectivity index (χ1v) is 5.42. The number of nitrogens with one attached hydrogen (secondary N) is 1. The minimum Gasteiger partial charge on any atom is -0.465 e. The van der Waals surface area contributed by atoms with Gasteiger partial charge >= 0.3 is 6.09 Å². The number of hydrogen-bond acceptors (Lipinski definition) is 2. The normalized spacial score (nSPS) is 20.4. The van der Waals surface area contributed by atoms with Crippen LogP contribution in [0.25, 0.3) is 0 Å². The summed E-state index contributed by atoms with van der Waals surface area (Å²) in [5.74, 6) is 0.671. The molecule has 4 N–H and O–H groups in total. The predicted octanol–water partition coefficient (Wildman–Crippen LogP) is 1.55. The Labute approximate surface area is 84.9 Å². The molecule has 0 spiro atoms. The van der Waals surface area contributed by atoms with Crippen molar-refractivity contribution in [2.45, 2.75) is 44.6 Å². The van der Waals surface area contributed by atoms with Crippen LogP contribution in [0.3, 0.4) is 0 Å². The molecule has 1 saturated carbocycles. The second-order valence-corrected chi connectivity index (χ2v) is 4.12. The zero-order valence-corrected chi connectivity index (χ0v) is 8.54. The molecule has 14 heavy (non-hydrogen) atoms. The van der Waals surface area contributed by atoms with E-state index in [1.54, 1.807) is 0 Å². The summed E-state index contributed by atoms with van der Waals surface area (Å²) in [5, 5.41) is 11.0. The maximum atomic E-state index is 10.4. The SMILES string of the molecule is NCC(CC1CCCCC1)NC(=O)O. The van der Waals surface area contributed by atoms with Crippen LogP contribution >= 0.6 is 0 Å². The second-order valence-electron chi connectivity index (χ2n) is 4.12. The van der Waals surface area contributed by atoms with Gasteiger partial charge in [0.1, 0.15) is 0 Å². The number of carbonyl (C=O) groups is 1. The monoisotopic (exact) mass is 200 g/mol. The number of carboxylic acid groups (broad SMARTS) is 1. The van der Waals surface area contributed by atoms with Gasteiger partial charge in [0.15, 0.2) is 0 Å². The summed E-state index contributed by atoms with van der Waals surface area (Å²) >= 11 is 0. The third-order valence-electron chi connectivity index (χ3n) is 2.95.